The number of imidazole rings is 1. The molecule has 0 radical (unpaired) electrons. The van der Waals surface area contributed by atoms with Gasteiger partial charge in [-0.3, -0.25) is 9.98 Å². The molecule has 0 saturated heterocycles. The van der Waals surface area contributed by atoms with E-state index in [0.29, 0.717) is 32.9 Å². The van der Waals surface area contributed by atoms with Crippen molar-refractivity contribution in [2.45, 2.75) is 25.6 Å². The zero-order valence-electron chi connectivity index (χ0n) is 16.0. The fraction of sp³-hybridized carbons (Fsp3) is 0.211. The van der Waals surface area contributed by atoms with Gasteiger partial charge in [0, 0.05) is 23.7 Å². The zero-order chi connectivity index (χ0) is 21.5. The lowest BCUT2D eigenvalue weighted by Crippen LogP contribution is -2.19. The van der Waals surface area contributed by atoms with Crippen LogP contribution in [-0.4, -0.2) is 45.4 Å². The molecule has 31 heavy (non-hydrogen) atoms. The Balaban J connectivity index is 1.69. The summed E-state index contributed by atoms with van der Waals surface area (Å²) in [5.41, 5.74) is 1.22. The van der Waals surface area contributed by atoms with Crippen LogP contribution in [0.4, 0.5) is 11.5 Å². The average Bonchev–Trinajstić information content (AvgIpc) is 3.41. The van der Waals surface area contributed by atoms with Gasteiger partial charge in [-0.2, -0.15) is 9.61 Å². The fourth-order valence-electron chi connectivity index (χ4n) is 3.09. The number of pyridine rings is 1. The number of aliphatic hydroxyl groups is 1. The predicted octanol–water partition coefficient (Wildman–Crippen LogP) is 0.277. The molecule has 11 nitrogen and oxygen atoms in total. The van der Waals surface area contributed by atoms with E-state index < -0.39 is 12.4 Å². The third kappa shape index (κ3) is 3.64. The highest BCUT2D eigenvalue weighted by Gasteiger charge is 2.20. The van der Waals surface area contributed by atoms with E-state index in [0.717, 1.165) is 17.4 Å². The first kappa shape index (κ1) is 19.3. The highest BCUT2D eigenvalue weighted by Crippen LogP contribution is 2.24. The van der Waals surface area contributed by atoms with Crippen molar-refractivity contribution in [1.29, 1.82) is 0 Å². The number of halogens is 1. The second kappa shape index (κ2) is 7.52. The van der Waals surface area contributed by atoms with Crippen molar-refractivity contribution in [2.75, 3.05) is 5.32 Å². The van der Waals surface area contributed by atoms with Gasteiger partial charge >= 0.3 is 5.69 Å². The molecule has 12 heteroatoms. The van der Waals surface area contributed by atoms with Gasteiger partial charge in [-0.25, -0.2) is 14.3 Å². The van der Waals surface area contributed by atoms with E-state index in [4.69, 9.17) is 16.6 Å². The molecule has 1 saturated carbocycles. The fourth-order valence-corrected chi connectivity index (χ4v) is 3.26. The number of nitrogens with zero attached hydrogens (tertiary/aromatic N) is 6. The number of aromatic hydroxyl groups is 1. The summed E-state index contributed by atoms with van der Waals surface area (Å²) in [5, 5.41) is 28.0. The lowest BCUT2D eigenvalue weighted by atomic mass is 10.3. The molecule has 5 rings (SSSR count). The smallest absolute Gasteiger partial charge is 0.330 e. The molecular weight excluding hydrogens is 424 g/mol. The Morgan fingerprint density at radius 2 is 2.23 bits per heavy atom. The summed E-state index contributed by atoms with van der Waals surface area (Å²) in [4.78, 5) is 27.7. The van der Waals surface area contributed by atoms with Crippen LogP contribution in [0.5, 0.6) is 5.88 Å². The lowest BCUT2D eigenvalue weighted by Gasteiger charge is -2.07. The minimum Gasteiger partial charge on any atom is -0.493 e. The predicted molar refractivity (Wildman–Crippen MR) is 112 cm³/mol. The molecule has 1 fully saturated rings. The molecule has 0 atom stereocenters. The average molecular weight is 441 g/mol. The maximum Gasteiger partial charge on any atom is 0.330 e. The van der Waals surface area contributed by atoms with Gasteiger partial charge in [0.25, 0.3) is 0 Å². The van der Waals surface area contributed by atoms with E-state index in [1.807, 2.05) is 0 Å². The number of fused-ring (bicyclic) bond motifs is 1. The number of nitrogens with one attached hydrogen (secondary N) is 2. The van der Waals surface area contributed by atoms with E-state index in [1.165, 1.54) is 12.3 Å². The first-order valence-electron chi connectivity index (χ1n) is 9.47. The van der Waals surface area contributed by atoms with Crippen LogP contribution in [0.3, 0.4) is 0 Å². The number of rotatable bonds is 5. The van der Waals surface area contributed by atoms with E-state index in [2.05, 4.69) is 25.4 Å². The number of aromatic nitrogens is 6. The number of anilines is 2. The first-order valence-corrected chi connectivity index (χ1v) is 9.85. The van der Waals surface area contributed by atoms with Crippen LogP contribution < -0.4 is 21.7 Å². The molecule has 0 bridgehead atoms. The molecular formula is C19H17ClN8O3. The van der Waals surface area contributed by atoms with Gasteiger partial charge in [0.1, 0.15) is 18.2 Å². The Kier molecular flexibility index (Phi) is 4.68. The summed E-state index contributed by atoms with van der Waals surface area (Å²) >= 11 is 6.21. The summed E-state index contributed by atoms with van der Waals surface area (Å²) in [6.07, 6.45) is 8.28. The maximum atomic E-state index is 11.8. The Morgan fingerprint density at radius 1 is 1.39 bits per heavy atom. The quantitative estimate of drug-likeness (QED) is 0.348. The van der Waals surface area contributed by atoms with Crippen molar-refractivity contribution in [2.24, 2.45) is 4.99 Å². The summed E-state index contributed by atoms with van der Waals surface area (Å²) in [5.74, 6) is 0.119. The molecule has 4 N–H and O–H groups in total. The monoisotopic (exact) mass is 440 g/mol. The molecule has 0 spiro atoms. The number of aliphatic hydroxyl groups excluding tert-OH is 1. The minimum absolute atomic E-state index is 0.131. The summed E-state index contributed by atoms with van der Waals surface area (Å²) in [7, 11) is 0. The number of hydrogen-bond donors (Lipinski definition) is 4. The second-order valence-electron chi connectivity index (χ2n) is 7.06. The van der Waals surface area contributed by atoms with Crippen molar-refractivity contribution in [3.05, 3.63) is 62.6 Å². The highest BCUT2D eigenvalue weighted by molar-refractivity contribution is 6.33. The van der Waals surface area contributed by atoms with Crippen LogP contribution in [0, 0.1) is 0 Å². The Bertz CT molecular complexity index is 1470. The molecule has 1 aliphatic rings. The van der Waals surface area contributed by atoms with Gasteiger partial charge in [0.05, 0.1) is 22.9 Å². The molecule has 0 amide bonds. The van der Waals surface area contributed by atoms with Gasteiger partial charge < -0.3 is 20.5 Å². The van der Waals surface area contributed by atoms with Crippen molar-refractivity contribution >= 4 is 34.8 Å². The van der Waals surface area contributed by atoms with Gasteiger partial charge in [-0.15, -0.1) is 0 Å². The summed E-state index contributed by atoms with van der Waals surface area (Å²) in [6.45, 7) is -0.646. The van der Waals surface area contributed by atoms with Crippen molar-refractivity contribution < 1.29 is 10.2 Å². The van der Waals surface area contributed by atoms with E-state index >= 15 is 0 Å². The van der Waals surface area contributed by atoms with Crippen LogP contribution >= 0.6 is 11.6 Å². The minimum atomic E-state index is -0.646. The molecule has 1 aliphatic carbocycles. The normalized spacial score (nSPS) is 15.2. The molecule has 0 aromatic carbocycles. The highest BCUT2D eigenvalue weighted by atomic mass is 35.5. The first-order chi connectivity index (χ1) is 15.0. The van der Waals surface area contributed by atoms with Crippen molar-refractivity contribution in [3.8, 4) is 5.88 Å². The molecule has 4 aromatic heterocycles. The second-order valence-corrected chi connectivity index (χ2v) is 7.46. The van der Waals surface area contributed by atoms with Crippen LogP contribution in [-0.2, 0) is 6.73 Å². The molecule has 4 heterocycles. The molecule has 0 aliphatic heterocycles. The molecule has 4 aromatic rings. The van der Waals surface area contributed by atoms with Crippen LogP contribution in [0.2, 0.25) is 5.02 Å². The lowest BCUT2D eigenvalue weighted by molar-refractivity contribution is 0.192. The molecule has 158 valence electrons. The number of aromatic amines is 1. The number of H-pyrrole nitrogens is 1. The Labute approximate surface area is 179 Å². The largest absolute Gasteiger partial charge is 0.493 e. The SMILES string of the molecule is O=c1[nH]c(/C=c2/cnn3c(=NC4CC4)cc(Nc4ccncc4Cl)nc23)c(O)n1CO. The Morgan fingerprint density at radius 3 is 2.94 bits per heavy atom. The van der Waals surface area contributed by atoms with Crippen molar-refractivity contribution in [1.82, 2.24) is 29.1 Å². The van der Waals surface area contributed by atoms with E-state index in [1.54, 1.807) is 29.0 Å². The zero-order valence-corrected chi connectivity index (χ0v) is 16.8. The summed E-state index contributed by atoms with van der Waals surface area (Å²) in [6, 6.07) is 3.76. The van der Waals surface area contributed by atoms with Crippen molar-refractivity contribution in [3.63, 3.8) is 0 Å². The van der Waals surface area contributed by atoms with E-state index in [9.17, 15) is 15.0 Å². The van der Waals surface area contributed by atoms with Gasteiger partial charge in [0.15, 0.2) is 11.1 Å². The van der Waals surface area contributed by atoms with Crippen LogP contribution in [0.1, 0.15) is 18.5 Å². The Hall–Kier alpha value is -3.70. The van der Waals surface area contributed by atoms with Crippen LogP contribution in [0.25, 0.3) is 11.7 Å². The third-order valence-electron chi connectivity index (χ3n) is 4.80. The van der Waals surface area contributed by atoms with Gasteiger partial charge in [-0.1, -0.05) is 11.6 Å². The van der Waals surface area contributed by atoms with E-state index in [-0.39, 0.29) is 17.6 Å². The van der Waals surface area contributed by atoms with Gasteiger partial charge in [-0.05, 0) is 25.0 Å². The standard InChI is InChI=1S/C19H17ClN8O3/c20-12-8-21-4-3-13(12)24-15-6-16(23-11-1-2-11)28-17(26-15)10(7-22-28)5-14-18(30)27(9-29)19(31)25-14/h3-8,11,29-30H,1-2,9H2,(H,21,24)(H,25,31)/b10-5-,23-16?. The molecule has 0 unspecified atom stereocenters. The maximum absolute atomic E-state index is 11.8. The van der Waals surface area contributed by atoms with Crippen LogP contribution in [0.15, 0.2) is 40.5 Å². The summed E-state index contributed by atoms with van der Waals surface area (Å²) < 4.78 is 2.40. The third-order valence-corrected chi connectivity index (χ3v) is 5.10. The van der Waals surface area contributed by atoms with Gasteiger partial charge in [0.2, 0.25) is 5.88 Å². The number of hydrogen-bond acceptors (Lipinski definition) is 8. The topological polar surface area (TPSA) is 146 Å².